The van der Waals surface area contributed by atoms with E-state index in [-0.39, 0.29) is 0 Å². The molecule has 1 heteroatoms. The summed E-state index contributed by atoms with van der Waals surface area (Å²) >= 11 is 0. The van der Waals surface area contributed by atoms with Gasteiger partial charge in [0.2, 0.25) is 0 Å². The van der Waals surface area contributed by atoms with Crippen LogP contribution in [0.25, 0.3) is 0 Å². The zero-order valence-corrected chi connectivity index (χ0v) is 7.51. The van der Waals surface area contributed by atoms with E-state index in [2.05, 4.69) is 13.3 Å². The van der Waals surface area contributed by atoms with Crippen molar-refractivity contribution in [2.75, 3.05) is 6.61 Å². The Bertz CT molecular complexity index is 86.9. The maximum absolute atomic E-state index is 5.08. The summed E-state index contributed by atoms with van der Waals surface area (Å²) in [6.07, 6.45) is 11.0. The Hall–Kier alpha value is -0.0400. The zero-order chi connectivity index (χ0) is 7.94. The third-order valence-electron chi connectivity index (χ3n) is 2.10. The van der Waals surface area contributed by atoms with E-state index in [9.17, 15) is 0 Å². The van der Waals surface area contributed by atoms with E-state index < -0.39 is 0 Å². The van der Waals surface area contributed by atoms with Crippen LogP contribution in [0.2, 0.25) is 0 Å². The van der Waals surface area contributed by atoms with Gasteiger partial charge in [-0.2, -0.15) is 0 Å². The fourth-order valence-electron chi connectivity index (χ4n) is 1.24. The predicted molar refractivity (Wildman–Crippen MR) is 47.4 cm³/mol. The van der Waals surface area contributed by atoms with Gasteiger partial charge in [-0.15, -0.1) is 0 Å². The minimum Gasteiger partial charge on any atom is -0.373 e. The zero-order valence-electron chi connectivity index (χ0n) is 7.51. The summed E-state index contributed by atoms with van der Waals surface area (Å²) in [6, 6.07) is 0. The normalized spacial score (nSPS) is 22.1. The fraction of sp³-hybridized carbons (Fsp3) is 0.900. The van der Waals surface area contributed by atoms with E-state index in [0.29, 0.717) is 6.10 Å². The minimum atomic E-state index is 0.529. The van der Waals surface area contributed by atoms with Crippen molar-refractivity contribution in [1.82, 2.24) is 0 Å². The Morgan fingerprint density at radius 3 is 2.64 bits per heavy atom. The van der Waals surface area contributed by atoms with Crippen molar-refractivity contribution in [1.29, 1.82) is 0 Å². The van der Waals surface area contributed by atoms with E-state index in [1.54, 1.807) is 0 Å². The topological polar surface area (TPSA) is 12.5 Å². The Morgan fingerprint density at radius 2 is 2.00 bits per heavy atom. The highest BCUT2D eigenvalue weighted by Crippen LogP contribution is 2.16. The lowest BCUT2D eigenvalue weighted by Crippen LogP contribution is -1.86. The van der Waals surface area contributed by atoms with Crippen LogP contribution >= 0.6 is 0 Å². The average Bonchev–Trinajstić information content (AvgIpc) is 2.80. The van der Waals surface area contributed by atoms with E-state index in [1.807, 2.05) is 0 Å². The van der Waals surface area contributed by atoms with E-state index in [4.69, 9.17) is 4.74 Å². The molecule has 0 aromatic heterocycles. The van der Waals surface area contributed by atoms with Crippen LogP contribution in [0.3, 0.4) is 0 Å². The molecular formula is C10H19O. The number of unbranched alkanes of at least 4 members (excludes halogenated alkanes) is 5. The van der Waals surface area contributed by atoms with Gasteiger partial charge in [0, 0.05) is 0 Å². The molecule has 0 N–H and O–H groups in total. The van der Waals surface area contributed by atoms with E-state index in [0.717, 1.165) is 6.61 Å². The second-order valence-corrected chi connectivity index (χ2v) is 3.31. The van der Waals surface area contributed by atoms with E-state index in [1.165, 1.54) is 38.5 Å². The lowest BCUT2D eigenvalue weighted by Gasteiger charge is -1.97. The first-order chi connectivity index (χ1) is 5.43. The van der Waals surface area contributed by atoms with Gasteiger partial charge in [-0.1, -0.05) is 39.0 Å². The molecule has 0 aliphatic carbocycles. The van der Waals surface area contributed by atoms with Crippen LogP contribution in [-0.4, -0.2) is 12.7 Å². The van der Waals surface area contributed by atoms with Crippen LogP contribution in [0.5, 0.6) is 0 Å². The smallest absolute Gasteiger partial charge is 0.0841 e. The van der Waals surface area contributed by atoms with Gasteiger partial charge in [0.15, 0.2) is 0 Å². The van der Waals surface area contributed by atoms with Gasteiger partial charge < -0.3 is 4.74 Å². The Labute approximate surface area is 70.1 Å². The van der Waals surface area contributed by atoms with E-state index >= 15 is 0 Å². The Balaban J connectivity index is 1.66. The average molecular weight is 155 g/mol. The molecule has 0 aromatic carbocycles. The highest BCUT2D eigenvalue weighted by Gasteiger charge is 2.21. The first kappa shape index (κ1) is 9.05. The largest absolute Gasteiger partial charge is 0.373 e. The molecule has 1 nitrogen and oxygen atoms in total. The van der Waals surface area contributed by atoms with Gasteiger partial charge in [0.05, 0.1) is 12.7 Å². The second-order valence-electron chi connectivity index (χ2n) is 3.31. The summed E-state index contributed by atoms with van der Waals surface area (Å²) in [4.78, 5) is 0. The molecule has 11 heavy (non-hydrogen) atoms. The lowest BCUT2D eigenvalue weighted by atomic mass is 10.1. The summed E-state index contributed by atoms with van der Waals surface area (Å²) in [6.45, 7) is 3.24. The van der Waals surface area contributed by atoms with Crippen molar-refractivity contribution in [3.63, 3.8) is 0 Å². The first-order valence-corrected chi connectivity index (χ1v) is 4.88. The molecule has 1 aliphatic rings. The minimum absolute atomic E-state index is 0.529. The van der Waals surface area contributed by atoms with Gasteiger partial charge in [-0.3, -0.25) is 0 Å². The number of ether oxygens (including phenoxy) is 1. The molecule has 1 rings (SSSR count). The predicted octanol–water partition coefficient (Wildman–Crippen LogP) is 2.95. The summed E-state index contributed by atoms with van der Waals surface area (Å²) in [5.41, 5.74) is 0. The van der Waals surface area contributed by atoms with Crippen LogP contribution < -0.4 is 0 Å². The third-order valence-corrected chi connectivity index (χ3v) is 2.10. The Morgan fingerprint density at radius 1 is 1.27 bits per heavy atom. The van der Waals surface area contributed by atoms with Gasteiger partial charge in [-0.05, 0) is 12.8 Å². The monoisotopic (exact) mass is 155 g/mol. The lowest BCUT2D eigenvalue weighted by molar-refractivity contribution is 0.423. The summed E-state index contributed by atoms with van der Waals surface area (Å²) in [5, 5.41) is 0. The maximum atomic E-state index is 5.08. The van der Waals surface area contributed by atoms with Crippen molar-refractivity contribution in [2.45, 2.75) is 51.6 Å². The first-order valence-electron chi connectivity index (χ1n) is 4.88. The molecule has 1 aliphatic heterocycles. The molecule has 1 saturated heterocycles. The van der Waals surface area contributed by atoms with Crippen molar-refractivity contribution < 1.29 is 4.74 Å². The molecule has 1 unspecified atom stereocenters. The number of rotatable bonds is 7. The number of hydrogen-bond acceptors (Lipinski definition) is 1. The number of epoxide rings is 1. The molecule has 65 valence electrons. The highest BCUT2D eigenvalue weighted by atomic mass is 16.6. The molecule has 0 spiro atoms. The molecular weight excluding hydrogens is 136 g/mol. The Kier molecular flexibility index (Phi) is 4.60. The van der Waals surface area contributed by atoms with Gasteiger partial charge in [0.1, 0.15) is 0 Å². The molecule has 1 radical (unpaired) electrons. The van der Waals surface area contributed by atoms with Gasteiger partial charge in [-0.25, -0.2) is 0 Å². The van der Waals surface area contributed by atoms with Crippen LogP contribution in [0, 0.1) is 6.42 Å². The van der Waals surface area contributed by atoms with Crippen molar-refractivity contribution >= 4 is 0 Å². The quantitative estimate of drug-likeness (QED) is 0.407. The van der Waals surface area contributed by atoms with Crippen molar-refractivity contribution in [2.24, 2.45) is 0 Å². The van der Waals surface area contributed by atoms with Crippen molar-refractivity contribution in [3.05, 3.63) is 6.42 Å². The molecule has 0 saturated carbocycles. The van der Waals surface area contributed by atoms with Gasteiger partial charge in [0.25, 0.3) is 0 Å². The molecule has 1 heterocycles. The molecule has 1 atom stereocenters. The van der Waals surface area contributed by atoms with Crippen LogP contribution in [0.15, 0.2) is 0 Å². The molecule has 0 aromatic rings. The van der Waals surface area contributed by atoms with Crippen molar-refractivity contribution in [3.8, 4) is 0 Å². The molecule has 0 amide bonds. The fourth-order valence-corrected chi connectivity index (χ4v) is 1.24. The number of hydrogen-bond donors (Lipinski definition) is 0. The third kappa shape index (κ3) is 5.25. The van der Waals surface area contributed by atoms with Crippen LogP contribution in [0.1, 0.15) is 45.4 Å². The van der Waals surface area contributed by atoms with Crippen LogP contribution in [0.4, 0.5) is 0 Å². The standard InChI is InChI=1S/C10H19O/c1-2-3-4-5-6-7-8-10-9-11-10/h8,10H,2-7,9H2,1H3. The summed E-state index contributed by atoms with van der Waals surface area (Å²) in [5.74, 6) is 0. The summed E-state index contributed by atoms with van der Waals surface area (Å²) < 4.78 is 5.08. The maximum Gasteiger partial charge on any atom is 0.0841 e. The van der Waals surface area contributed by atoms with Crippen LogP contribution in [-0.2, 0) is 4.74 Å². The highest BCUT2D eigenvalue weighted by molar-refractivity contribution is 4.85. The molecule has 0 bridgehead atoms. The van der Waals surface area contributed by atoms with Gasteiger partial charge >= 0.3 is 0 Å². The summed E-state index contributed by atoms with van der Waals surface area (Å²) in [7, 11) is 0. The second kappa shape index (κ2) is 5.59. The molecule has 1 fully saturated rings. The SMILES string of the molecule is CCCCCCC[CH]C1CO1.